The van der Waals surface area contributed by atoms with Gasteiger partial charge < -0.3 is 0 Å². The molecule has 13 heteroatoms. The Morgan fingerprint density at radius 2 is 1.54 bits per heavy atom. The van der Waals surface area contributed by atoms with Crippen LogP contribution in [0.25, 0.3) is 27.5 Å². The molecule has 7 saturated heterocycles. The van der Waals surface area contributed by atoms with E-state index in [0.29, 0.717) is 0 Å². The zero-order valence-electron chi connectivity index (χ0n) is 20.2. The van der Waals surface area contributed by atoms with Crippen LogP contribution in [0.1, 0.15) is 0 Å². The molecule has 4 aromatic carbocycles. The van der Waals surface area contributed by atoms with E-state index in [1.807, 2.05) is 0 Å². The fraction of sp³-hybridized carbons (Fsp3) is 0. The van der Waals surface area contributed by atoms with E-state index < -0.39 is 12.7 Å². The molecule has 2 bridgehead atoms. The van der Waals surface area contributed by atoms with Crippen LogP contribution in [0.4, 0.5) is 0 Å². The van der Waals surface area contributed by atoms with Crippen molar-refractivity contribution in [1.29, 1.82) is 0 Å². The summed E-state index contributed by atoms with van der Waals surface area (Å²) in [6.45, 7) is 5.77. The number of rotatable bonds is 4. The quantitative estimate of drug-likeness (QED) is 0.287. The molecule has 161 valence electrons. The van der Waals surface area contributed by atoms with Crippen LogP contribution in [0, 0.1) is 0 Å². The molecular formula is C24H16B9N2P2-2. The number of nitrogens with one attached hydrogen (secondary N) is 1. The van der Waals surface area contributed by atoms with Gasteiger partial charge in [-0.2, -0.15) is 0 Å². The van der Waals surface area contributed by atoms with Crippen molar-refractivity contribution < 1.29 is 0 Å². The van der Waals surface area contributed by atoms with Gasteiger partial charge >= 0.3 is 221 Å². The summed E-state index contributed by atoms with van der Waals surface area (Å²) in [7, 11) is 2.71. The van der Waals surface area contributed by atoms with Crippen LogP contribution in [0.5, 0.6) is 0 Å². The summed E-state index contributed by atoms with van der Waals surface area (Å²) in [4.78, 5) is 4.70. The normalized spacial score (nSPS) is 26.8. The van der Waals surface area contributed by atoms with E-state index in [9.17, 15) is 0 Å². The van der Waals surface area contributed by atoms with E-state index in [1.54, 1.807) is 10.7 Å². The van der Waals surface area contributed by atoms with Gasteiger partial charge in [0.2, 0.25) is 0 Å². The van der Waals surface area contributed by atoms with Crippen molar-refractivity contribution in [3.05, 3.63) is 91.0 Å². The van der Waals surface area contributed by atoms with E-state index in [1.165, 1.54) is 38.5 Å². The van der Waals surface area contributed by atoms with Crippen molar-refractivity contribution in [3.63, 3.8) is 0 Å². The monoisotopic (exact) mass is 493 g/mol. The molecule has 5 aromatic rings. The van der Waals surface area contributed by atoms with Crippen molar-refractivity contribution in [3.8, 4) is 5.69 Å². The number of nitrogens with zero attached hydrogens (tertiary/aromatic N) is 1. The molecule has 8 aliphatic rings. The Morgan fingerprint density at radius 3 is 2.27 bits per heavy atom. The molecule has 9 heterocycles. The first-order chi connectivity index (χ1) is 18.2. The third-order valence-electron chi connectivity index (χ3n) is 12.0. The van der Waals surface area contributed by atoms with Crippen LogP contribution in [0.15, 0.2) is 91.0 Å². The molecule has 0 aliphatic carbocycles. The minimum atomic E-state index is -2.03. The number of fused-ring (bicyclic) bond motifs is 6. The molecular weight excluding hydrogens is 476 g/mol. The molecule has 13 rings (SSSR count). The van der Waals surface area contributed by atoms with E-state index in [0.717, 1.165) is 31.1 Å². The van der Waals surface area contributed by atoms with Gasteiger partial charge in [-0.1, -0.05) is 0 Å². The second kappa shape index (κ2) is 5.15. The zero-order valence-corrected chi connectivity index (χ0v) is 22.0. The number of hydrogen-bond donors (Lipinski definition) is 1. The number of benzene rings is 4. The molecule has 37 heavy (non-hydrogen) atoms. The summed E-state index contributed by atoms with van der Waals surface area (Å²) in [5.41, 5.74) is 8.48. The van der Waals surface area contributed by atoms with Gasteiger partial charge in [-0.3, -0.25) is 0 Å². The van der Waals surface area contributed by atoms with Crippen LogP contribution < -0.4 is 26.6 Å². The molecule has 0 amide bonds. The molecule has 7 fully saturated rings. The van der Waals surface area contributed by atoms with Crippen molar-refractivity contribution in [2.24, 2.45) is 0 Å². The summed E-state index contributed by atoms with van der Waals surface area (Å²) in [6, 6.07) is 34.7. The Hall–Kier alpha value is -1.92. The Kier molecular flexibility index (Phi) is 2.67. The van der Waals surface area contributed by atoms with Gasteiger partial charge in [-0.15, -0.1) is 0 Å². The average Bonchev–Trinajstić information content (AvgIpc) is 3.87. The van der Waals surface area contributed by atoms with Crippen molar-refractivity contribution in [1.82, 2.24) is 9.42 Å². The average molecular weight is 492 g/mol. The van der Waals surface area contributed by atoms with E-state index in [-0.39, 0.29) is 6.71 Å². The Morgan fingerprint density at radius 1 is 0.784 bits per heavy atom. The summed E-state index contributed by atoms with van der Waals surface area (Å²) >= 11 is 0. The van der Waals surface area contributed by atoms with Gasteiger partial charge in [0.05, 0.1) is 0 Å². The summed E-state index contributed by atoms with van der Waals surface area (Å²) in [5, 5.41) is 4.77. The van der Waals surface area contributed by atoms with Crippen molar-refractivity contribution in [2.45, 2.75) is 0 Å². The SMILES string of the molecule is [B]1B2B3[B-]P123NP12(c3ccc4c5c3c3ccccc3n5-c3ccccc3B4c3ccccc3)B3[B-]B1B32. The van der Waals surface area contributed by atoms with Gasteiger partial charge in [0.25, 0.3) is 0 Å². The second-order valence-corrected chi connectivity index (χ2v) is 23.3. The van der Waals surface area contributed by atoms with Gasteiger partial charge in [0.1, 0.15) is 0 Å². The number of aromatic nitrogens is 1. The maximum absolute atomic E-state index is 4.70. The van der Waals surface area contributed by atoms with Crippen LogP contribution >= 0.6 is 12.7 Å². The minimum absolute atomic E-state index is 0.264. The Balaban J connectivity index is 1.23. The van der Waals surface area contributed by atoms with E-state index in [2.05, 4.69) is 116 Å². The van der Waals surface area contributed by atoms with Crippen LogP contribution in [-0.4, -0.2) is 63.2 Å². The van der Waals surface area contributed by atoms with Crippen LogP contribution in [0.2, 0.25) is 0 Å². The second-order valence-electron chi connectivity index (χ2n) is 12.9. The number of para-hydroxylation sites is 2. The van der Waals surface area contributed by atoms with Gasteiger partial charge in [-0.25, -0.2) is 0 Å². The first-order valence-corrected chi connectivity index (χ1v) is 18.8. The van der Waals surface area contributed by atoms with Crippen molar-refractivity contribution in [2.75, 3.05) is 0 Å². The number of hydrogen-bond acceptors (Lipinski definition) is 1. The summed E-state index contributed by atoms with van der Waals surface area (Å²) in [6.07, 6.45) is 1.02. The molecule has 5 radical (unpaired) electrons. The Bertz CT molecular complexity index is 1980. The Labute approximate surface area is 220 Å². The maximum atomic E-state index is 4.70. The summed E-state index contributed by atoms with van der Waals surface area (Å²) in [5.74, 6) is 0. The fourth-order valence-electron chi connectivity index (χ4n) is 9.84. The van der Waals surface area contributed by atoms with Gasteiger partial charge in [0, 0.05) is 0 Å². The predicted octanol–water partition coefficient (Wildman–Crippen LogP) is 0.968. The van der Waals surface area contributed by atoms with Gasteiger partial charge in [-0.05, 0) is 0 Å². The van der Waals surface area contributed by atoms with Crippen molar-refractivity contribution >= 4 is 115 Å². The topological polar surface area (TPSA) is 17.0 Å². The molecule has 1 spiro atoms. The van der Waals surface area contributed by atoms with E-state index in [4.69, 9.17) is 4.86 Å². The fourth-order valence-corrected chi connectivity index (χ4v) is 29.3. The third kappa shape index (κ3) is 1.62. The van der Waals surface area contributed by atoms with Crippen LogP contribution in [0.3, 0.4) is 0 Å². The van der Waals surface area contributed by atoms with Gasteiger partial charge in [0.15, 0.2) is 0 Å². The standard InChI is InChI=1S/C24H16B9N2P2/c1-2-8-16(9-3-1)28-18-11-5-7-13-21(18)35-20-12-6-4-10-17(20)23-22(15-14-19(28)24(23)35)36(29-25-30(36)33(29)36)34-37-26-31(37)32(37)27-37/h1-15,34H/q-2. The zero-order chi connectivity index (χ0) is 23.6. The predicted molar refractivity (Wildman–Crippen MR) is 175 cm³/mol. The molecule has 1 N–H and O–H groups in total. The molecule has 2 nitrogen and oxygen atoms in total. The first-order valence-electron chi connectivity index (χ1n) is 13.8. The molecule has 0 unspecified atom stereocenters. The molecule has 0 atom stereocenters. The third-order valence-corrected chi connectivity index (χ3v) is 26.4. The van der Waals surface area contributed by atoms with E-state index >= 15 is 0 Å². The molecule has 8 aliphatic heterocycles. The summed E-state index contributed by atoms with van der Waals surface area (Å²) < 4.78 is 2.62. The van der Waals surface area contributed by atoms with Crippen LogP contribution in [-0.2, 0) is 0 Å². The molecule has 1 aromatic heterocycles. The molecule has 0 saturated carbocycles. The first kappa shape index (κ1) is 19.2.